The predicted molar refractivity (Wildman–Crippen MR) is 71.4 cm³/mol. The quantitative estimate of drug-likeness (QED) is 0.863. The predicted octanol–water partition coefficient (Wildman–Crippen LogP) is 2.14. The molecule has 1 aromatic rings. The molecule has 1 aromatic heterocycles. The van der Waals surface area contributed by atoms with E-state index in [1.807, 2.05) is 0 Å². The molecule has 19 heavy (non-hydrogen) atoms. The Bertz CT molecular complexity index is 512. The summed E-state index contributed by atoms with van der Waals surface area (Å²) in [4.78, 5) is 3.42. The Morgan fingerprint density at radius 3 is 2.58 bits per heavy atom. The fourth-order valence-corrected chi connectivity index (χ4v) is 3.46. The van der Waals surface area contributed by atoms with Gasteiger partial charge in [0.05, 0.1) is 11.9 Å². The van der Waals surface area contributed by atoms with Crippen molar-refractivity contribution in [2.24, 2.45) is 0 Å². The fraction of sp³-hybridized carbons (Fsp3) is 0.583. The molecule has 106 valence electrons. The van der Waals surface area contributed by atoms with Gasteiger partial charge in [0, 0.05) is 13.1 Å². The molecule has 1 aliphatic rings. The van der Waals surface area contributed by atoms with Gasteiger partial charge >= 0.3 is 10.2 Å². The van der Waals surface area contributed by atoms with Crippen LogP contribution in [0, 0.1) is 5.95 Å². The van der Waals surface area contributed by atoms with Crippen molar-refractivity contribution < 1.29 is 12.8 Å². The van der Waals surface area contributed by atoms with E-state index in [-0.39, 0.29) is 11.7 Å². The Morgan fingerprint density at radius 2 is 2.00 bits per heavy atom. The number of hydrogen-bond donors (Lipinski definition) is 1. The van der Waals surface area contributed by atoms with Crippen molar-refractivity contribution in [2.45, 2.75) is 38.1 Å². The van der Waals surface area contributed by atoms with E-state index in [9.17, 15) is 12.8 Å². The minimum atomic E-state index is -3.60. The van der Waals surface area contributed by atoms with Crippen molar-refractivity contribution in [3.8, 4) is 0 Å². The monoisotopic (exact) mass is 287 g/mol. The van der Waals surface area contributed by atoms with Crippen molar-refractivity contribution in [3.63, 3.8) is 0 Å². The Morgan fingerprint density at radius 1 is 1.32 bits per heavy atom. The molecule has 1 N–H and O–H groups in total. The SMILES string of the molecule is CN(C1CCCCC1)S(=O)(=O)Nc1ccc(F)nc1. The van der Waals surface area contributed by atoms with Crippen molar-refractivity contribution in [1.29, 1.82) is 0 Å². The third-order valence-electron chi connectivity index (χ3n) is 3.44. The lowest BCUT2D eigenvalue weighted by atomic mass is 9.96. The summed E-state index contributed by atoms with van der Waals surface area (Å²) in [5.41, 5.74) is 0.268. The summed E-state index contributed by atoms with van der Waals surface area (Å²) in [5.74, 6) is -0.636. The normalized spacial score (nSPS) is 17.6. The molecular weight excluding hydrogens is 269 g/mol. The van der Waals surface area contributed by atoms with Gasteiger partial charge in [-0.15, -0.1) is 0 Å². The van der Waals surface area contributed by atoms with Crippen LogP contribution in [0.25, 0.3) is 0 Å². The fourth-order valence-electron chi connectivity index (χ4n) is 2.30. The molecule has 1 fully saturated rings. The number of hydrogen-bond acceptors (Lipinski definition) is 3. The molecule has 0 amide bonds. The number of rotatable bonds is 4. The zero-order valence-electron chi connectivity index (χ0n) is 10.8. The van der Waals surface area contributed by atoms with Crippen molar-refractivity contribution in [1.82, 2.24) is 9.29 Å². The Balaban J connectivity index is 2.06. The molecule has 0 bridgehead atoms. The molecule has 1 saturated carbocycles. The molecule has 0 saturated heterocycles. The summed E-state index contributed by atoms with van der Waals surface area (Å²) in [6.07, 6.45) is 6.23. The Hall–Kier alpha value is -1.21. The molecule has 0 unspecified atom stereocenters. The van der Waals surface area contributed by atoms with E-state index < -0.39 is 16.2 Å². The average molecular weight is 287 g/mol. The van der Waals surface area contributed by atoms with Crippen LogP contribution in [0.1, 0.15) is 32.1 Å². The second-order valence-electron chi connectivity index (χ2n) is 4.78. The zero-order chi connectivity index (χ0) is 13.9. The third kappa shape index (κ3) is 3.63. The molecule has 0 aromatic carbocycles. The number of nitrogens with zero attached hydrogens (tertiary/aromatic N) is 2. The van der Waals surface area contributed by atoms with Crippen LogP contribution in [-0.2, 0) is 10.2 Å². The summed E-state index contributed by atoms with van der Waals surface area (Å²) >= 11 is 0. The summed E-state index contributed by atoms with van der Waals surface area (Å²) in [5, 5.41) is 0. The second kappa shape index (κ2) is 5.83. The van der Waals surface area contributed by atoms with Crippen LogP contribution in [0.2, 0.25) is 0 Å². The lowest BCUT2D eigenvalue weighted by Gasteiger charge is -2.30. The number of aromatic nitrogens is 1. The van der Waals surface area contributed by atoms with E-state index in [1.165, 1.54) is 23.0 Å². The second-order valence-corrected chi connectivity index (χ2v) is 6.51. The Kier molecular flexibility index (Phi) is 4.36. The molecule has 0 atom stereocenters. The number of pyridine rings is 1. The van der Waals surface area contributed by atoms with Crippen molar-refractivity contribution >= 4 is 15.9 Å². The molecule has 2 rings (SSSR count). The first-order valence-electron chi connectivity index (χ1n) is 6.36. The molecular formula is C12H18FN3O2S. The molecule has 0 radical (unpaired) electrons. The topological polar surface area (TPSA) is 62.3 Å². The number of anilines is 1. The van der Waals surface area contributed by atoms with Crippen LogP contribution in [-0.4, -0.2) is 30.8 Å². The molecule has 5 nitrogen and oxygen atoms in total. The largest absolute Gasteiger partial charge is 0.301 e. The maximum Gasteiger partial charge on any atom is 0.301 e. The van der Waals surface area contributed by atoms with E-state index >= 15 is 0 Å². The van der Waals surface area contributed by atoms with Gasteiger partial charge < -0.3 is 0 Å². The van der Waals surface area contributed by atoms with Crippen LogP contribution in [0.5, 0.6) is 0 Å². The Labute approximate surface area is 113 Å². The summed E-state index contributed by atoms with van der Waals surface area (Å²) in [6, 6.07) is 2.52. The van der Waals surface area contributed by atoms with Gasteiger partial charge in [0.25, 0.3) is 0 Å². The van der Waals surface area contributed by atoms with Gasteiger partial charge in [-0.05, 0) is 25.0 Å². The minimum Gasteiger partial charge on any atom is -0.269 e. The summed E-state index contributed by atoms with van der Waals surface area (Å²) in [6.45, 7) is 0. The molecule has 1 heterocycles. The van der Waals surface area contributed by atoms with Gasteiger partial charge in [-0.1, -0.05) is 19.3 Å². The van der Waals surface area contributed by atoms with Gasteiger partial charge in [0.1, 0.15) is 0 Å². The molecule has 0 aliphatic heterocycles. The van der Waals surface area contributed by atoms with E-state index in [4.69, 9.17) is 0 Å². The first-order chi connectivity index (χ1) is 8.99. The van der Waals surface area contributed by atoms with Gasteiger partial charge in [0.2, 0.25) is 5.95 Å². The molecule has 0 spiro atoms. The zero-order valence-corrected chi connectivity index (χ0v) is 11.7. The van der Waals surface area contributed by atoms with Crippen LogP contribution < -0.4 is 4.72 Å². The maximum absolute atomic E-state index is 12.7. The maximum atomic E-state index is 12.7. The third-order valence-corrected chi connectivity index (χ3v) is 4.99. The number of nitrogens with one attached hydrogen (secondary N) is 1. The van der Waals surface area contributed by atoms with E-state index in [2.05, 4.69) is 9.71 Å². The van der Waals surface area contributed by atoms with Crippen LogP contribution in [0.15, 0.2) is 18.3 Å². The number of halogens is 1. The lowest BCUT2D eigenvalue weighted by Crippen LogP contribution is -2.41. The van der Waals surface area contributed by atoms with Crippen LogP contribution in [0.4, 0.5) is 10.1 Å². The van der Waals surface area contributed by atoms with E-state index in [0.29, 0.717) is 0 Å². The van der Waals surface area contributed by atoms with Crippen LogP contribution in [0.3, 0.4) is 0 Å². The van der Waals surface area contributed by atoms with Gasteiger partial charge in [-0.3, -0.25) is 4.72 Å². The van der Waals surface area contributed by atoms with Gasteiger partial charge in [-0.2, -0.15) is 17.1 Å². The highest BCUT2D eigenvalue weighted by atomic mass is 32.2. The van der Waals surface area contributed by atoms with E-state index in [1.54, 1.807) is 7.05 Å². The van der Waals surface area contributed by atoms with E-state index in [0.717, 1.165) is 31.7 Å². The molecule has 7 heteroatoms. The van der Waals surface area contributed by atoms with Crippen molar-refractivity contribution in [3.05, 3.63) is 24.3 Å². The highest BCUT2D eigenvalue weighted by Crippen LogP contribution is 2.24. The van der Waals surface area contributed by atoms with Crippen molar-refractivity contribution in [2.75, 3.05) is 11.8 Å². The van der Waals surface area contributed by atoms with Gasteiger partial charge in [-0.25, -0.2) is 4.98 Å². The average Bonchev–Trinajstić information content (AvgIpc) is 2.41. The molecule has 1 aliphatic carbocycles. The summed E-state index contributed by atoms with van der Waals surface area (Å²) < 4.78 is 40.8. The standard InChI is InChI=1S/C12H18FN3O2S/c1-16(11-5-3-2-4-6-11)19(17,18)15-10-7-8-12(13)14-9-10/h7-9,11,15H,2-6H2,1H3. The lowest BCUT2D eigenvalue weighted by molar-refractivity contribution is 0.287. The smallest absolute Gasteiger partial charge is 0.269 e. The summed E-state index contributed by atoms with van der Waals surface area (Å²) in [7, 11) is -2.03. The highest BCUT2D eigenvalue weighted by Gasteiger charge is 2.27. The first-order valence-corrected chi connectivity index (χ1v) is 7.80. The van der Waals surface area contributed by atoms with Gasteiger partial charge in [0.15, 0.2) is 0 Å². The highest BCUT2D eigenvalue weighted by molar-refractivity contribution is 7.90. The minimum absolute atomic E-state index is 0.0413. The van der Waals surface area contributed by atoms with Crippen LogP contribution >= 0.6 is 0 Å². The first kappa shape index (κ1) is 14.2.